The van der Waals surface area contributed by atoms with Gasteiger partial charge in [0.05, 0.1) is 12.1 Å². The highest BCUT2D eigenvalue weighted by atomic mass is 16.2. The van der Waals surface area contributed by atoms with E-state index in [9.17, 15) is 4.79 Å². The summed E-state index contributed by atoms with van der Waals surface area (Å²) in [7, 11) is 2.01. The van der Waals surface area contributed by atoms with Crippen molar-refractivity contribution < 1.29 is 4.79 Å². The highest BCUT2D eigenvalue weighted by Crippen LogP contribution is 2.27. The van der Waals surface area contributed by atoms with Crippen LogP contribution in [0.5, 0.6) is 0 Å². The number of carbonyl (C=O) groups is 1. The van der Waals surface area contributed by atoms with E-state index in [0.717, 1.165) is 30.3 Å². The Hall–Kier alpha value is -2.22. The Morgan fingerprint density at radius 3 is 2.56 bits per heavy atom. The SMILES string of the molecule is Cc1nccn1Cc1nnc(C2CCN(C(=O)C(C)(C)N)CC2)n1C. The second-order valence-electron chi connectivity index (χ2n) is 7.42. The zero-order chi connectivity index (χ0) is 18.2. The molecule has 1 saturated heterocycles. The molecule has 25 heavy (non-hydrogen) atoms. The van der Waals surface area contributed by atoms with Crippen LogP contribution in [0.2, 0.25) is 0 Å². The molecular formula is C17H27N7O. The Bertz CT molecular complexity index is 747. The van der Waals surface area contributed by atoms with Crippen LogP contribution in [0.15, 0.2) is 12.4 Å². The smallest absolute Gasteiger partial charge is 0.242 e. The molecular weight excluding hydrogens is 318 g/mol. The lowest BCUT2D eigenvalue weighted by molar-refractivity contribution is -0.136. The summed E-state index contributed by atoms with van der Waals surface area (Å²) in [6.07, 6.45) is 5.51. The van der Waals surface area contributed by atoms with E-state index >= 15 is 0 Å². The van der Waals surface area contributed by atoms with Gasteiger partial charge in [-0.15, -0.1) is 10.2 Å². The normalized spacial score (nSPS) is 16.4. The van der Waals surface area contributed by atoms with Crippen molar-refractivity contribution in [1.82, 2.24) is 29.2 Å². The van der Waals surface area contributed by atoms with Crippen molar-refractivity contribution in [1.29, 1.82) is 0 Å². The summed E-state index contributed by atoms with van der Waals surface area (Å²) in [6.45, 7) is 7.58. The van der Waals surface area contributed by atoms with E-state index in [2.05, 4.69) is 24.3 Å². The van der Waals surface area contributed by atoms with Gasteiger partial charge < -0.3 is 19.8 Å². The monoisotopic (exact) mass is 345 g/mol. The van der Waals surface area contributed by atoms with Crippen molar-refractivity contribution in [2.45, 2.75) is 51.6 Å². The lowest BCUT2D eigenvalue weighted by atomic mass is 9.94. The Morgan fingerprint density at radius 1 is 1.32 bits per heavy atom. The Kier molecular flexibility index (Phi) is 4.64. The lowest BCUT2D eigenvalue weighted by Crippen LogP contribution is -2.53. The Morgan fingerprint density at radius 2 is 2.00 bits per heavy atom. The van der Waals surface area contributed by atoms with Gasteiger partial charge in [0.15, 0.2) is 5.82 Å². The van der Waals surface area contributed by atoms with E-state index in [1.165, 1.54) is 0 Å². The third-order valence-electron chi connectivity index (χ3n) is 4.93. The van der Waals surface area contributed by atoms with Crippen molar-refractivity contribution in [3.63, 3.8) is 0 Å². The average molecular weight is 345 g/mol. The molecule has 0 aliphatic carbocycles. The second kappa shape index (κ2) is 6.59. The molecule has 1 amide bonds. The van der Waals surface area contributed by atoms with Crippen LogP contribution < -0.4 is 5.73 Å². The summed E-state index contributed by atoms with van der Waals surface area (Å²) in [6, 6.07) is 0. The molecule has 0 unspecified atom stereocenters. The molecule has 2 N–H and O–H groups in total. The molecule has 0 atom stereocenters. The van der Waals surface area contributed by atoms with Gasteiger partial charge in [-0.2, -0.15) is 0 Å². The molecule has 8 nitrogen and oxygen atoms in total. The van der Waals surface area contributed by atoms with Crippen molar-refractivity contribution in [3.05, 3.63) is 29.9 Å². The quantitative estimate of drug-likeness (QED) is 0.885. The van der Waals surface area contributed by atoms with Crippen molar-refractivity contribution in [2.24, 2.45) is 12.8 Å². The number of rotatable bonds is 4. The second-order valence-corrected chi connectivity index (χ2v) is 7.42. The molecule has 1 aliphatic heterocycles. The molecule has 2 aromatic heterocycles. The number of likely N-dealkylation sites (tertiary alicyclic amines) is 1. The van der Waals surface area contributed by atoms with Gasteiger partial charge in [0.1, 0.15) is 11.6 Å². The summed E-state index contributed by atoms with van der Waals surface area (Å²) in [4.78, 5) is 18.4. The molecule has 1 aliphatic rings. The van der Waals surface area contributed by atoms with Gasteiger partial charge >= 0.3 is 0 Å². The summed E-state index contributed by atoms with van der Waals surface area (Å²) in [5, 5.41) is 8.78. The zero-order valence-corrected chi connectivity index (χ0v) is 15.4. The van der Waals surface area contributed by atoms with Crippen molar-refractivity contribution >= 4 is 5.91 Å². The fraction of sp³-hybridized carbons (Fsp3) is 0.647. The number of aromatic nitrogens is 5. The van der Waals surface area contributed by atoms with Gasteiger partial charge in [-0.25, -0.2) is 4.98 Å². The molecule has 0 bridgehead atoms. The van der Waals surface area contributed by atoms with Gasteiger partial charge in [-0.05, 0) is 33.6 Å². The standard InChI is InChI=1S/C17H27N7O/c1-12-19-7-10-24(12)11-14-20-21-15(22(14)4)13-5-8-23(9-6-13)16(25)17(2,3)18/h7,10,13H,5-6,8-9,11,18H2,1-4H3. The highest BCUT2D eigenvalue weighted by molar-refractivity contribution is 5.85. The van der Waals surface area contributed by atoms with E-state index < -0.39 is 5.54 Å². The maximum Gasteiger partial charge on any atom is 0.242 e. The van der Waals surface area contributed by atoms with Crippen molar-refractivity contribution in [2.75, 3.05) is 13.1 Å². The number of nitrogens with zero attached hydrogens (tertiary/aromatic N) is 6. The summed E-state index contributed by atoms with van der Waals surface area (Å²) < 4.78 is 4.13. The third kappa shape index (κ3) is 3.58. The predicted octanol–water partition coefficient (Wildman–Crippen LogP) is 0.812. The minimum atomic E-state index is -0.812. The number of amides is 1. The van der Waals surface area contributed by atoms with Crippen LogP contribution in [0, 0.1) is 6.92 Å². The van der Waals surface area contributed by atoms with Crippen LogP contribution in [0.1, 0.15) is 50.1 Å². The van der Waals surface area contributed by atoms with Gasteiger partial charge in [0.2, 0.25) is 5.91 Å². The predicted molar refractivity (Wildman–Crippen MR) is 93.9 cm³/mol. The molecule has 3 heterocycles. The fourth-order valence-electron chi connectivity index (χ4n) is 3.34. The van der Waals surface area contributed by atoms with Gasteiger partial charge in [0.25, 0.3) is 0 Å². The van der Waals surface area contributed by atoms with Crippen LogP contribution >= 0.6 is 0 Å². The van der Waals surface area contributed by atoms with Gasteiger partial charge in [0, 0.05) is 38.4 Å². The number of aryl methyl sites for hydroxylation is 1. The van der Waals surface area contributed by atoms with Crippen LogP contribution in [-0.2, 0) is 18.4 Å². The molecule has 8 heteroatoms. The molecule has 0 spiro atoms. The van der Waals surface area contributed by atoms with E-state index in [-0.39, 0.29) is 5.91 Å². The van der Waals surface area contributed by atoms with Crippen LogP contribution in [0.4, 0.5) is 0 Å². The maximum absolute atomic E-state index is 12.3. The van der Waals surface area contributed by atoms with Crippen LogP contribution in [0.25, 0.3) is 0 Å². The molecule has 0 saturated carbocycles. The average Bonchev–Trinajstić information content (AvgIpc) is 3.13. The minimum Gasteiger partial charge on any atom is -0.341 e. The Labute approximate surface area is 148 Å². The van der Waals surface area contributed by atoms with Crippen LogP contribution in [0.3, 0.4) is 0 Å². The molecule has 2 aromatic rings. The first-order valence-electron chi connectivity index (χ1n) is 8.71. The number of carbonyl (C=O) groups excluding carboxylic acids is 1. The van der Waals surface area contributed by atoms with E-state index in [0.29, 0.717) is 25.6 Å². The summed E-state index contributed by atoms with van der Waals surface area (Å²) in [5.41, 5.74) is 5.12. The number of hydrogen-bond donors (Lipinski definition) is 1. The fourth-order valence-corrected chi connectivity index (χ4v) is 3.34. The number of nitrogens with two attached hydrogens (primary N) is 1. The third-order valence-corrected chi connectivity index (χ3v) is 4.93. The first-order valence-corrected chi connectivity index (χ1v) is 8.71. The molecule has 1 fully saturated rings. The van der Waals surface area contributed by atoms with Gasteiger partial charge in [-0.3, -0.25) is 4.79 Å². The highest BCUT2D eigenvalue weighted by Gasteiger charge is 2.32. The van der Waals surface area contributed by atoms with E-state index in [1.54, 1.807) is 20.0 Å². The molecule has 0 radical (unpaired) electrons. The van der Waals surface area contributed by atoms with Crippen molar-refractivity contribution in [3.8, 4) is 0 Å². The zero-order valence-electron chi connectivity index (χ0n) is 15.4. The van der Waals surface area contributed by atoms with E-state index in [1.807, 2.05) is 25.1 Å². The number of piperidine rings is 1. The number of imidazole rings is 1. The van der Waals surface area contributed by atoms with Crippen LogP contribution in [-0.4, -0.2) is 53.8 Å². The molecule has 3 rings (SSSR count). The first kappa shape index (κ1) is 17.6. The topological polar surface area (TPSA) is 94.9 Å². The largest absolute Gasteiger partial charge is 0.341 e. The molecule has 136 valence electrons. The van der Waals surface area contributed by atoms with Gasteiger partial charge in [-0.1, -0.05) is 0 Å². The summed E-state index contributed by atoms with van der Waals surface area (Å²) >= 11 is 0. The first-order chi connectivity index (χ1) is 11.8. The molecule has 0 aromatic carbocycles. The summed E-state index contributed by atoms with van der Waals surface area (Å²) in [5.74, 6) is 3.20. The minimum absolute atomic E-state index is 0.0141. The maximum atomic E-state index is 12.3. The lowest BCUT2D eigenvalue weighted by Gasteiger charge is -2.35. The number of hydrogen-bond acceptors (Lipinski definition) is 5. The van der Waals surface area contributed by atoms with E-state index in [4.69, 9.17) is 5.73 Å². The Balaban J connectivity index is 1.66.